The number of halogens is 1. The molecule has 0 unspecified atom stereocenters. The summed E-state index contributed by atoms with van der Waals surface area (Å²) in [6.07, 6.45) is 2.24. The van der Waals surface area contributed by atoms with Gasteiger partial charge >= 0.3 is 0 Å². The summed E-state index contributed by atoms with van der Waals surface area (Å²) in [4.78, 5) is 7.73. The van der Waals surface area contributed by atoms with Crippen LogP contribution in [0.5, 0.6) is 0 Å². The molecule has 0 amide bonds. The van der Waals surface area contributed by atoms with Gasteiger partial charge in [0.1, 0.15) is 0 Å². The molecule has 6 heteroatoms. The predicted octanol–water partition coefficient (Wildman–Crippen LogP) is 0.808. The van der Waals surface area contributed by atoms with Crippen LogP contribution in [0.1, 0.15) is 25.0 Å². The summed E-state index contributed by atoms with van der Waals surface area (Å²) < 4.78 is 0. The molecule has 0 aliphatic carbocycles. The molecular weight excluding hydrogens is 228 g/mol. The molecule has 16 heavy (non-hydrogen) atoms. The van der Waals surface area contributed by atoms with E-state index >= 15 is 0 Å². The first-order valence-corrected chi connectivity index (χ1v) is 5.21. The van der Waals surface area contributed by atoms with Crippen LogP contribution < -0.4 is 11.5 Å². The lowest BCUT2D eigenvalue weighted by atomic mass is 10.2. The molecule has 0 radical (unpaired) electrons. The molecule has 0 aromatic carbocycles. The highest BCUT2D eigenvalue weighted by atomic mass is 35.5. The van der Waals surface area contributed by atoms with Crippen LogP contribution in [0.25, 0.3) is 0 Å². The van der Waals surface area contributed by atoms with Gasteiger partial charge in [-0.3, -0.25) is 0 Å². The van der Waals surface area contributed by atoms with Crippen LogP contribution in [0.3, 0.4) is 0 Å². The summed E-state index contributed by atoms with van der Waals surface area (Å²) in [7, 11) is 0. The number of rotatable bonds is 3. The molecule has 1 heterocycles. The summed E-state index contributed by atoms with van der Waals surface area (Å²) in [5, 5.41) is 8.68. The van der Waals surface area contributed by atoms with Gasteiger partial charge in [0.2, 0.25) is 0 Å². The second-order valence-electron chi connectivity index (χ2n) is 3.12. The second-order valence-corrected chi connectivity index (χ2v) is 3.47. The number of aromatic nitrogens is 2. The van der Waals surface area contributed by atoms with Gasteiger partial charge in [0.05, 0.1) is 0 Å². The molecule has 5 N–H and O–H groups in total. The van der Waals surface area contributed by atoms with Crippen LogP contribution in [0.2, 0.25) is 5.15 Å². The Balaban J connectivity index is 2.69. The van der Waals surface area contributed by atoms with Gasteiger partial charge in [0, 0.05) is 13.0 Å². The molecule has 0 fully saturated rings. The lowest BCUT2D eigenvalue weighted by molar-refractivity contribution is 0.285. The van der Waals surface area contributed by atoms with Gasteiger partial charge < -0.3 is 16.6 Å². The molecule has 0 aliphatic rings. The van der Waals surface area contributed by atoms with Crippen LogP contribution in [-0.4, -0.2) is 21.7 Å². The average Bonchev–Trinajstić information content (AvgIpc) is 2.25. The molecule has 5 nitrogen and oxygen atoms in total. The van der Waals surface area contributed by atoms with Gasteiger partial charge in [-0.25, -0.2) is 9.97 Å². The maximum Gasteiger partial charge on any atom is 0.172 e. The van der Waals surface area contributed by atoms with E-state index < -0.39 is 0 Å². The van der Waals surface area contributed by atoms with E-state index in [0.29, 0.717) is 12.1 Å². The van der Waals surface area contributed by atoms with Crippen molar-refractivity contribution in [3.63, 3.8) is 0 Å². The highest BCUT2D eigenvalue weighted by Crippen LogP contribution is 2.16. The van der Waals surface area contributed by atoms with Crippen molar-refractivity contribution in [2.45, 2.75) is 19.3 Å². The first kappa shape index (κ1) is 12.6. The number of nitrogens with zero attached hydrogens (tertiary/aromatic N) is 2. The Bertz CT molecular complexity index is 425. The summed E-state index contributed by atoms with van der Waals surface area (Å²) in [5.41, 5.74) is 11.3. The molecule has 0 saturated carbocycles. The third kappa shape index (κ3) is 3.57. The van der Waals surface area contributed by atoms with E-state index in [9.17, 15) is 0 Å². The maximum atomic E-state index is 8.57. The van der Waals surface area contributed by atoms with Gasteiger partial charge in [0.25, 0.3) is 0 Å². The Kier molecular flexibility index (Phi) is 4.83. The third-order valence-electron chi connectivity index (χ3n) is 1.82. The monoisotopic (exact) mass is 240 g/mol. The maximum absolute atomic E-state index is 8.57. The van der Waals surface area contributed by atoms with Crippen molar-refractivity contribution < 1.29 is 5.11 Å². The summed E-state index contributed by atoms with van der Waals surface area (Å²) in [6.45, 7) is 0.178. The Morgan fingerprint density at radius 2 is 1.94 bits per heavy atom. The van der Waals surface area contributed by atoms with Gasteiger partial charge in [-0.05, 0) is 18.8 Å². The lowest BCUT2D eigenvalue weighted by Gasteiger charge is -1.99. The Hall–Kier alpha value is -1.51. The fourth-order valence-corrected chi connectivity index (χ4v) is 1.13. The molecule has 0 aliphatic heterocycles. The first-order chi connectivity index (χ1) is 7.65. The van der Waals surface area contributed by atoms with Crippen molar-refractivity contribution in [3.8, 4) is 11.8 Å². The SMILES string of the molecule is Nc1nc(N)c(C#CCCCCO)nc1Cl. The van der Waals surface area contributed by atoms with E-state index in [2.05, 4.69) is 21.8 Å². The zero-order chi connectivity index (χ0) is 12.0. The van der Waals surface area contributed by atoms with Crippen molar-refractivity contribution in [1.29, 1.82) is 0 Å². The highest BCUT2D eigenvalue weighted by Gasteiger charge is 2.04. The molecular formula is C10H13ClN4O. The van der Waals surface area contributed by atoms with E-state index in [1.807, 2.05) is 0 Å². The first-order valence-electron chi connectivity index (χ1n) is 4.83. The van der Waals surface area contributed by atoms with E-state index in [1.165, 1.54) is 0 Å². The number of hydrogen-bond donors (Lipinski definition) is 3. The van der Waals surface area contributed by atoms with Crippen LogP contribution in [0, 0.1) is 11.8 Å². The fraction of sp³-hybridized carbons (Fsp3) is 0.400. The second kappa shape index (κ2) is 6.16. The van der Waals surface area contributed by atoms with Gasteiger partial charge in [-0.2, -0.15) is 0 Å². The molecule has 1 aromatic rings. The minimum absolute atomic E-state index is 0.102. The van der Waals surface area contributed by atoms with E-state index in [0.717, 1.165) is 12.8 Å². The molecule has 1 rings (SSSR count). The van der Waals surface area contributed by atoms with E-state index in [4.69, 9.17) is 28.2 Å². The van der Waals surface area contributed by atoms with Crippen molar-refractivity contribution in [2.24, 2.45) is 0 Å². The van der Waals surface area contributed by atoms with E-state index in [1.54, 1.807) is 0 Å². The van der Waals surface area contributed by atoms with Crippen LogP contribution in [0.4, 0.5) is 11.6 Å². The number of unbranched alkanes of at least 4 members (excludes halogenated alkanes) is 2. The van der Waals surface area contributed by atoms with Crippen molar-refractivity contribution >= 4 is 23.2 Å². The summed E-state index contributed by atoms with van der Waals surface area (Å²) in [5.74, 6) is 5.93. The Morgan fingerprint density at radius 3 is 2.62 bits per heavy atom. The summed E-state index contributed by atoms with van der Waals surface area (Å²) in [6, 6.07) is 0. The molecule has 0 atom stereocenters. The van der Waals surface area contributed by atoms with Crippen molar-refractivity contribution in [1.82, 2.24) is 9.97 Å². The normalized spacial score (nSPS) is 9.62. The topological polar surface area (TPSA) is 98.0 Å². The molecule has 1 aromatic heterocycles. The van der Waals surface area contributed by atoms with Gasteiger partial charge in [-0.15, -0.1) is 0 Å². The van der Waals surface area contributed by atoms with Crippen LogP contribution in [-0.2, 0) is 0 Å². The number of anilines is 2. The lowest BCUT2D eigenvalue weighted by Crippen LogP contribution is -2.02. The Morgan fingerprint density at radius 1 is 1.19 bits per heavy atom. The number of nitrogen functional groups attached to an aromatic ring is 2. The smallest absolute Gasteiger partial charge is 0.172 e. The van der Waals surface area contributed by atoms with E-state index in [-0.39, 0.29) is 23.4 Å². The fourth-order valence-electron chi connectivity index (χ4n) is 1.00. The van der Waals surface area contributed by atoms with Gasteiger partial charge in [-0.1, -0.05) is 17.5 Å². The zero-order valence-corrected chi connectivity index (χ0v) is 9.46. The van der Waals surface area contributed by atoms with Crippen LogP contribution in [0.15, 0.2) is 0 Å². The zero-order valence-electron chi connectivity index (χ0n) is 8.70. The van der Waals surface area contributed by atoms with Crippen LogP contribution >= 0.6 is 11.6 Å². The number of aliphatic hydroxyl groups is 1. The minimum Gasteiger partial charge on any atom is -0.396 e. The molecule has 86 valence electrons. The standard InChI is InChI=1S/C10H13ClN4O/c11-8-10(13)15-9(12)7(14-8)5-3-1-2-4-6-16/h16H,1-2,4,6H2,(H4,12,13,15). The van der Waals surface area contributed by atoms with Crippen molar-refractivity contribution in [3.05, 3.63) is 10.8 Å². The predicted molar refractivity (Wildman–Crippen MR) is 63.7 cm³/mol. The quantitative estimate of drug-likeness (QED) is 0.537. The minimum atomic E-state index is 0.102. The third-order valence-corrected chi connectivity index (χ3v) is 2.10. The highest BCUT2D eigenvalue weighted by molar-refractivity contribution is 6.31. The molecule has 0 saturated heterocycles. The molecule has 0 spiro atoms. The molecule has 0 bridgehead atoms. The number of aliphatic hydroxyl groups excluding tert-OH is 1. The number of hydrogen-bond acceptors (Lipinski definition) is 5. The van der Waals surface area contributed by atoms with Gasteiger partial charge in [0.15, 0.2) is 22.5 Å². The number of nitrogens with two attached hydrogens (primary N) is 2. The average molecular weight is 241 g/mol. The van der Waals surface area contributed by atoms with Crippen molar-refractivity contribution in [2.75, 3.05) is 18.1 Å². The Labute approximate surface area is 98.8 Å². The largest absolute Gasteiger partial charge is 0.396 e. The summed E-state index contributed by atoms with van der Waals surface area (Å²) >= 11 is 5.69.